The molecule has 0 unspecified atom stereocenters. The Labute approximate surface area is 149 Å². The molecule has 0 saturated heterocycles. The fourth-order valence-corrected chi connectivity index (χ4v) is 4.16. The van der Waals surface area contributed by atoms with Gasteiger partial charge in [-0.3, -0.25) is 0 Å². The molecule has 1 atom stereocenters. The minimum absolute atomic E-state index is 0.100. The molecular weight excluding hydrogens is 335 g/mol. The zero-order valence-corrected chi connectivity index (χ0v) is 14.3. The molecule has 126 valence electrons. The number of carbonyl (C=O) groups excluding carboxylic acids is 1. The van der Waals surface area contributed by atoms with Crippen LogP contribution < -0.4 is 5.32 Å². The SMILES string of the molecule is O=C(Nc1ccc(F)cc1)N1CCc2sccc2[C@H]1c1ccccc1. The largest absolute Gasteiger partial charge is 0.322 e. The second kappa shape index (κ2) is 6.69. The molecule has 0 bridgehead atoms. The van der Waals surface area contributed by atoms with Crippen molar-refractivity contribution in [3.8, 4) is 0 Å². The number of rotatable bonds is 2. The van der Waals surface area contributed by atoms with Crippen molar-refractivity contribution in [1.82, 2.24) is 4.90 Å². The van der Waals surface area contributed by atoms with Crippen LogP contribution >= 0.6 is 11.3 Å². The highest BCUT2D eigenvalue weighted by molar-refractivity contribution is 7.10. The Morgan fingerprint density at radius 2 is 1.84 bits per heavy atom. The summed E-state index contributed by atoms with van der Waals surface area (Å²) in [4.78, 5) is 16.1. The summed E-state index contributed by atoms with van der Waals surface area (Å²) in [5, 5.41) is 4.97. The van der Waals surface area contributed by atoms with Crippen molar-refractivity contribution in [2.75, 3.05) is 11.9 Å². The van der Waals surface area contributed by atoms with E-state index in [1.807, 2.05) is 23.1 Å². The lowest BCUT2D eigenvalue weighted by Gasteiger charge is -2.36. The Hall–Kier alpha value is -2.66. The lowest BCUT2D eigenvalue weighted by molar-refractivity contribution is 0.194. The zero-order chi connectivity index (χ0) is 17.2. The number of nitrogens with one attached hydrogen (secondary N) is 1. The van der Waals surface area contributed by atoms with Crippen molar-refractivity contribution in [3.05, 3.63) is 87.9 Å². The normalized spacial score (nSPS) is 16.4. The molecule has 3 nitrogen and oxygen atoms in total. The molecular formula is C20H17FN2OS. The van der Waals surface area contributed by atoms with Crippen LogP contribution in [0.15, 0.2) is 66.0 Å². The summed E-state index contributed by atoms with van der Waals surface area (Å²) in [6.45, 7) is 0.653. The predicted molar refractivity (Wildman–Crippen MR) is 98.4 cm³/mol. The van der Waals surface area contributed by atoms with E-state index >= 15 is 0 Å². The number of carbonyl (C=O) groups is 1. The molecule has 1 aromatic heterocycles. The molecule has 0 aliphatic carbocycles. The topological polar surface area (TPSA) is 32.3 Å². The average molecular weight is 352 g/mol. The van der Waals surface area contributed by atoms with E-state index < -0.39 is 0 Å². The summed E-state index contributed by atoms with van der Waals surface area (Å²) in [7, 11) is 0. The van der Waals surface area contributed by atoms with Crippen molar-refractivity contribution >= 4 is 23.1 Å². The Bertz CT molecular complexity index is 876. The van der Waals surface area contributed by atoms with E-state index in [2.05, 4.69) is 28.9 Å². The van der Waals surface area contributed by atoms with Gasteiger partial charge in [0.1, 0.15) is 5.82 Å². The van der Waals surface area contributed by atoms with E-state index in [9.17, 15) is 9.18 Å². The Kier molecular flexibility index (Phi) is 4.24. The summed E-state index contributed by atoms with van der Waals surface area (Å²) >= 11 is 1.74. The molecule has 2 aromatic carbocycles. The van der Waals surface area contributed by atoms with Crippen LogP contribution in [0, 0.1) is 5.82 Å². The van der Waals surface area contributed by atoms with Crippen LogP contribution in [-0.4, -0.2) is 17.5 Å². The first-order chi connectivity index (χ1) is 12.2. The Morgan fingerprint density at radius 1 is 1.08 bits per heavy atom. The second-order valence-corrected chi connectivity index (χ2v) is 6.99. The lowest BCUT2D eigenvalue weighted by Crippen LogP contribution is -2.42. The minimum Gasteiger partial charge on any atom is -0.313 e. The van der Waals surface area contributed by atoms with E-state index in [-0.39, 0.29) is 17.9 Å². The van der Waals surface area contributed by atoms with Gasteiger partial charge in [0, 0.05) is 17.1 Å². The van der Waals surface area contributed by atoms with Gasteiger partial charge in [0.25, 0.3) is 0 Å². The van der Waals surface area contributed by atoms with Crippen LogP contribution in [0.3, 0.4) is 0 Å². The van der Waals surface area contributed by atoms with Gasteiger partial charge in [0.2, 0.25) is 0 Å². The Morgan fingerprint density at radius 3 is 2.60 bits per heavy atom. The van der Waals surface area contributed by atoms with Gasteiger partial charge in [-0.15, -0.1) is 11.3 Å². The van der Waals surface area contributed by atoms with Gasteiger partial charge in [-0.05, 0) is 53.3 Å². The van der Waals surface area contributed by atoms with Gasteiger partial charge < -0.3 is 10.2 Å². The number of nitrogens with zero attached hydrogens (tertiary/aromatic N) is 1. The van der Waals surface area contributed by atoms with Gasteiger partial charge in [-0.25, -0.2) is 9.18 Å². The maximum Gasteiger partial charge on any atom is 0.322 e. The third-order valence-corrected chi connectivity index (χ3v) is 5.43. The molecule has 2 amide bonds. The summed E-state index contributed by atoms with van der Waals surface area (Å²) in [6.07, 6.45) is 0.854. The highest BCUT2D eigenvalue weighted by atomic mass is 32.1. The summed E-state index contributed by atoms with van der Waals surface area (Å²) in [5.41, 5.74) is 2.88. The van der Waals surface area contributed by atoms with Gasteiger partial charge in [0.05, 0.1) is 6.04 Å². The molecule has 5 heteroatoms. The molecule has 1 N–H and O–H groups in total. The fourth-order valence-electron chi connectivity index (χ4n) is 3.26. The molecule has 2 heterocycles. The van der Waals surface area contributed by atoms with Gasteiger partial charge in [0.15, 0.2) is 0 Å². The van der Waals surface area contributed by atoms with Gasteiger partial charge in [-0.1, -0.05) is 30.3 Å². The maximum atomic E-state index is 13.1. The van der Waals surface area contributed by atoms with E-state index in [0.29, 0.717) is 12.2 Å². The standard InChI is InChI=1S/C20H17FN2OS/c21-15-6-8-16(9-7-15)22-20(24)23-12-10-18-17(11-13-25-18)19(23)14-4-2-1-3-5-14/h1-9,11,13,19H,10,12H2,(H,22,24)/t19-/m1/s1. The second-order valence-electron chi connectivity index (χ2n) is 5.99. The van der Waals surface area contributed by atoms with Crippen LogP contribution in [0.1, 0.15) is 22.0 Å². The van der Waals surface area contributed by atoms with Crippen molar-refractivity contribution in [3.63, 3.8) is 0 Å². The fraction of sp³-hybridized carbons (Fsp3) is 0.150. The highest BCUT2D eigenvalue weighted by Crippen LogP contribution is 2.37. The van der Waals surface area contributed by atoms with Gasteiger partial charge in [-0.2, -0.15) is 0 Å². The molecule has 0 radical (unpaired) electrons. The van der Waals surface area contributed by atoms with E-state index in [1.165, 1.54) is 22.6 Å². The van der Waals surface area contributed by atoms with E-state index in [0.717, 1.165) is 12.0 Å². The van der Waals surface area contributed by atoms with Crippen molar-refractivity contribution in [2.24, 2.45) is 0 Å². The van der Waals surface area contributed by atoms with Crippen molar-refractivity contribution in [2.45, 2.75) is 12.5 Å². The van der Waals surface area contributed by atoms with Crippen LogP contribution in [0.4, 0.5) is 14.9 Å². The van der Waals surface area contributed by atoms with Crippen LogP contribution in [0.5, 0.6) is 0 Å². The van der Waals surface area contributed by atoms with Crippen molar-refractivity contribution in [1.29, 1.82) is 0 Å². The third-order valence-electron chi connectivity index (χ3n) is 4.44. The maximum absolute atomic E-state index is 13.1. The average Bonchev–Trinajstić information content (AvgIpc) is 3.12. The van der Waals surface area contributed by atoms with Crippen LogP contribution in [0.25, 0.3) is 0 Å². The molecule has 4 rings (SSSR count). The predicted octanol–water partition coefficient (Wildman–Crippen LogP) is 5.07. The molecule has 0 spiro atoms. The van der Waals surface area contributed by atoms with Crippen LogP contribution in [-0.2, 0) is 6.42 Å². The molecule has 3 aromatic rings. The lowest BCUT2D eigenvalue weighted by atomic mass is 9.93. The first-order valence-electron chi connectivity index (χ1n) is 8.17. The van der Waals surface area contributed by atoms with Gasteiger partial charge >= 0.3 is 6.03 Å². The number of benzene rings is 2. The van der Waals surface area contributed by atoms with E-state index in [1.54, 1.807) is 23.5 Å². The number of hydrogen-bond acceptors (Lipinski definition) is 2. The highest BCUT2D eigenvalue weighted by Gasteiger charge is 2.32. The number of thiophene rings is 1. The summed E-state index contributed by atoms with van der Waals surface area (Å²) in [6, 6.07) is 17.7. The molecule has 1 aliphatic rings. The van der Waals surface area contributed by atoms with Crippen LogP contribution in [0.2, 0.25) is 0 Å². The molecule has 25 heavy (non-hydrogen) atoms. The van der Waals surface area contributed by atoms with E-state index in [4.69, 9.17) is 0 Å². The summed E-state index contributed by atoms with van der Waals surface area (Å²) < 4.78 is 13.1. The van der Waals surface area contributed by atoms with Crippen molar-refractivity contribution < 1.29 is 9.18 Å². The third kappa shape index (κ3) is 3.15. The molecule has 1 aliphatic heterocycles. The monoisotopic (exact) mass is 352 g/mol. The molecule has 0 saturated carbocycles. The minimum atomic E-state index is -0.318. The smallest absolute Gasteiger partial charge is 0.313 e. The number of anilines is 1. The number of fused-ring (bicyclic) bond motifs is 1. The molecule has 0 fully saturated rings. The number of urea groups is 1. The summed E-state index contributed by atoms with van der Waals surface area (Å²) in [5.74, 6) is -0.318. The number of amides is 2. The number of hydrogen-bond donors (Lipinski definition) is 1. The first kappa shape index (κ1) is 15.8. The zero-order valence-electron chi connectivity index (χ0n) is 13.5. The quantitative estimate of drug-likeness (QED) is 0.686. The first-order valence-corrected chi connectivity index (χ1v) is 9.05. The number of halogens is 1. The Balaban J connectivity index is 1.65.